The lowest BCUT2D eigenvalue weighted by molar-refractivity contribution is -0.115. The van der Waals surface area contributed by atoms with E-state index in [0.717, 1.165) is 25.1 Å². The van der Waals surface area contributed by atoms with Crippen molar-refractivity contribution in [2.75, 3.05) is 13.1 Å². The standard InChI is InChI=1S/C9H14N2O/c1-2-3-7-6-11-5-4-8(7)9(10)12/h2,4,7,11H,1,3,5-6H2,(H2,10,12)/t7-/m1/s1. The molecule has 1 aliphatic rings. The Kier molecular flexibility index (Phi) is 3.05. The van der Waals surface area contributed by atoms with Crippen molar-refractivity contribution in [3.63, 3.8) is 0 Å². The lowest BCUT2D eigenvalue weighted by atomic mass is 9.92. The van der Waals surface area contributed by atoms with Gasteiger partial charge in [0.1, 0.15) is 0 Å². The quantitative estimate of drug-likeness (QED) is 0.588. The van der Waals surface area contributed by atoms with Gasteiger partial charge in [0.15, 0.2) is 0 Å². The van der Waals surface area contributed by atoms with Crippen molar-refractivity contribution < 1.29 is 4.79 Å². The van der Waals surface area contributed by atoms with E-state index in [1.807, 2.05) is 12.2 Å². The highest BCUT2D eigenvalue weighted by Crippen LogP contribution is 2.16. The summed E-state index contributed by atoms with van der Waals surface area (Å²) >= 11 is 0. The first-order valence-electron chi connectivity index (χ1n) is 4.07. The molecule has 0 fully saturated rings. The van der Waals surface area contributed by atoms with E-state index in [0.29, 0.717) is 0 Å². The molecule has 12 heavy (non-hydrogen) atoms. The summed E-state index contributed by atoms with van der Waals surface area (Å²) in [6.07, 6.45) is 4.48. The SMILES string of the molecule is C=CC[C@@H]1CNCC=C1C(N)=O. The molecular formula is C9H14N2O. The molecule has 0 saturated carbocycles. The summed E-state index contributed by atoms with van der Waals surface area (Å²) in [4.78, 5) is 10.9. The monoisotopic (exact) mass is 166 g/mol. The van der Waals surface area contributed by atoms with Gasteiger partial charge in [-0.2, -0.15) is 0 Å². The minimum atomic E-state index is -0.302. The van der Waals surface area contributed by atoms with E-state index in [1.165, 1.54) is 0 Å². The fourth-order valence-electron chi connectivity index (χ4n) is 1.43. The zero-order chi connectivity index (χ0) is 8.97. The van der Waals surface area contributed by atoms with Gasteiger partial charge in [-0.05, 0) is 6.42 Å². The maximum absolute atomic E-state index is 10.9. The third-order valence-electron chi connectivity index (χ3n) is 2.03. The highest BCUT2D eigenvalue weighted by molar-refractivity contribution is 5.92. The first-order valence-corrected chi connectivity index (χ1v) is 4.07. The lowest BCUT2D eigenvalue weighted by Gasteiger charge is -2.21. The summed E-state index contributed by atoms with van der Waals surface area (Å²) in [6, 6.07) is 0. The Morgan fingerprint density at radius 3 is 3.25 bits per heavy atom. The van der Waals surface area contributed by atoms with Crippen molar-refractivity contribution >= 4 is 5.91 Å². The Hall–Kier alpha value is -1.09. The smallest absolute Gasteiger partial charge is 0.244 e. The third kappa shape index (κ3) is 1.95. The fraction of sp³-hybridized carbons (Fsp3) is 0.444. The van der Waals surface area contributed by atoms with Crippen molar-refractivity contribution in [2.45, 2.75) is 6.42 Å². The second kappa shape index (κ2) is 4.07. The number of primary amides is 1. The number of hydrogen-bond acceptors (Lipinski definition) is 2. The van der Waals surface area contributed by atoms with Crippen LogP contribution in [0.15, 0.2) is 24.3 Å². The molecule has 3 heteroatoms. The van der Waals surface area contributed by atoms with Crippen LogP contribution in [-0.4, -0.2) is 19.0 Å². The molecule has 0 saturated heterocycles. The van der Waals surface area contributed by atoms with Gasteiger partial charge in [-0.25, -0.2) is 0 Å². The average molecular weight is 166 g/mol. The van der Waals surface area contributed by atoms with E-state index >= 15 is 0 Å². The molecule has 3 N–H and O–H groups in total. The van der Waals surface area contributed by atoms with Gasteiger partial charge in [0.05, 0.1) is 0 Å². The number of rotatable bonds is 3. The third-order valence-corrected chi connectivity index (χ3v) is 2.03. The highest BCUT2D eigenvalue weighted by atomic mass is 16.1. The zero-order valence-electron chi connectivity index (χ0n) is 7.05. The first-order chi connectivity index (χ1) is 5.75. The van der Waals surface area contributed by atoms with E-state index in [9.17, 15) is 4.79 Å². The van der Waals surface area contributed by atoms with E-state index in [2.05, 4.69) is 11.9 Å². The maximum Gasteiger partial charge on any atom is 0.244 e. The number of allylic oxidation sites excluding steroid dienone is 1. The predicted molar refractivity (Wildman–Crippen MR) is 48.5 cm³/mol. The van der Waals surface area contributed by atoms with Crippen molar-refractivity contribution in [1.82, 2.24) is 5.32 Å². The summed E-state index contributed by atoms with van der Waals surface area (Å²) in [6.45, 7) is 5.20. The number of amides is 1. The van der Waals surface area contributed by atoms with Crippen LogP contribution in [0.4, 0.5) is 0 Å². The topological polar surface area (TPSA) is 55.1 Å². The molecule has 0 aromatic rings. The van der Waals surface area contributed by atoms with Gasteiger partial charge in [-0.15, -0.1) is 6.58 Å². The van der Waals surface area contributed by atoms with E-state index < -0.39 is 0 Å². The van der Waals surface area contributed by atoms with Crippen molar-refractivity contribution in [3.8, 4) is 0 Å². The molecule has 1 heterocycles. The van der Waals surface area contributed by atoms with Crippen LogP contribution in [0, 0.1) is 5.92 Å². The molecule has 1 rings (SSSR count). The summed E-state index contributed by atoms with van der Waals surface area (Å²) in [5, 5.41) is 3.17. The van der Waals surface area contributed by atoms with Crippen molar-refractivity contribution in [2.24, 2.45) is 11.7 Å². The van der Waals surface area contributed by atoms with Gasteiger partial charge in [-0.1, -0.05) is 12.2 Å². The maximum atomic E-state index is 10.9. The van der Waals surface area contributed by atoms with E-state index in [-0.39, 0.29) is 11.8 Å². The highest BCUT2D eigenvalue weighted by Gasteiger charge is 2.19. The van der Waals surface area contributed by atoms with Crippen LogP contribution >= 0.6 is 0 Å². The number of nitrogens with one attached hydrogen (secondary N) is 1. The van der Waals surface area contributed by atoms with Crippen LogP contribution in [0.1, 0.15) is 6.42 Å². The van der Waals surface area contributed by atoms with Gasteiger partial charge in [-0.3, -0.25) is 4.79 Å². The second-order valence-corrected chi connectivity index (χ2v) is 2.90. The van der Waals surface area contributed by atoms with Crippen LogP contribution < -0.4 is 11.1 Å². The van der Waals surface area contributed by atoms with Gasteiger partial charge in [0.25, 0.3) is 0 Å². The Morgan fingerprint density at radius 2 is 2.67 bits per heavy atom. The van der Waals surface area contributed by atoms with Gasteiger partial charge in [0, 0.05) is 24.6 Å². The van der Waals surface area contributed by atoms with Crippen LogP contribution in [-0.2, 0) is 4.79 Å². The fourth-order valence-corrected chi connectivity index (χ4v) is 1.43. The summed E-state index contributed by atoms with van der Waals surface area (Å²) < 4.78 is 0. The van der Waals surface area contributed by atoms with Gasteiger partial charge in [0.2, 0.25) is 5.91 Å². The van der Waals surface area contributed by atoms with Gasteiger partial charge >= 0.3 is 0 Å². The minimum Gasteiger partial charge on any atom is -0.366 e. The Balaban J connectivity index is 2.70. The molecule has 0 aromatic carbocycles. The second-order valence-electron chi connectivity index (χ2n) is 2.90. The average Bonchev–Trinajstić information content (AvgIpc) is 2.05. The summed E-state index contributed by atoms with van der Waals surface area (Å²) in [5.74, 6) is -0.0860. The molecule has 1 atom stereocenters. The molecule has 66 valence electrons. The lowest BCUT2D eigenvalue weighted by Crippen LogP contribution is -2.34. The Morgan fingerprint density at radius 1 is 1.92 bits per heavy atom. The largest absolute Gasteiger partial charge is 0.366 e. The van der Waals surface area contributed by atoms with Crippen molar-refractivity contribution in [1.29, 1.82) is 0 Å². The van der Waals surface area contributed by atoms with Crippen LogP contribution in [0.2, 0.25) is 0 Å². The normalized spacial score (nSPS) is 23.0. The molecule has 1 amide bonds. The predicted octanol–water partition coefficient (Wildman–Crippen LogP) is 0.194. The first kappa shape index (κ1) is 9.00. The molecule has 0 spiro atoms. The van der Waals surface area contributed by atoms with Crippen LogP contribution in [0.25, 0.3) is 0 Å². The van der Waals surface area contributed by atoms with Gasteiger partial charge < -0.3 is 11.1 Å². The number of hydrogen-bond donors (Lipinski definition) is 2. The minimum absolute atomic E-state index is 0.216. The zero-order valence-corrected chi connectivity index (χ0v) is 7.05. The number of carbonyl (C=O) groups is 1. The van der Waals surface area contributed by atoms with E-state index in [4.69, 9.17) is 5.73 Å². The molecule has 3 nitrogen and oxygen atoms in total. The molecular weight excluding hydrogens is 152 g/mol. The number of carbonyl (C=O) groups excluding carboxylic acids is 1. The summed E-state index contributed by atoms with van der Waals surface area (Å²) in [5.41, 5.74) is 5.96. The van der Waals surface area contributed by atoms with Crippen LogP contribution in [0.5, 0.6) is 0 Å². The molecule has 0 aliphatic carbocycles. The van der Waals surface area contributed by atoms with Crippen LogP contribution in [0.3, 0.4) is 0 Å². The molecule has 0 bridgehead atoms. The molecule has 0 unspecified atom stereocenters. The Bertz CT molecular complexity index is 221. The Labute approximate surface area is 72.3 Å². The molecule has 1 aliphatic heterocycles. The van der Waals surface area contributed by atoms with Crippen molar-refractivity contribution in [3.05, 3.63) is 24.3 Å². The molecule has 0 aromatic heterocycles. The summed E-state index contributed by atoms with van der Waals surface area (Å²) in [7, 11) is 0. The number of nitrogens with two attached hydrogens (primary N) is 1. The van der Waals surface area contributed by atoms with E-state index in [1.54, 1.807) is 0 Å². The molecule has 0 radical (unpaired) electrons.